The lowest BCUT2D eigenvalue weighted by molar-refractivity contribution is 0.101. The van der Waals surface area contributed by atoms with Crippen molar-refractivity contribution in [2.24, 2.45) is 0 Å². The van der Waals surface area contributed by atoms with E-state index in [-0.39, 0.29) is 17.1 Å². The Balaban J connectivity index is 1.50. The van der Waals surface area contributed by atoms with Gasteiger partial charge in [-0.25, -0.2) is 4.79 Å². The summed E-state index contributed by atoms with van der Waals surface area (Å²) < 4.78 is 16.3. The molecule has 6 nitrogen and oxygen atoms in total. The molecule has 0 atom stereocenters. The lowest BCUT2D eigenvalue weighted by Gasteiger charge is -2.09. The second-order valence-electron chi connectivity index (χ2n) is 5.74. The molecule has 3 rings (SSSR count). The van der Waals surface area contributed by atoms with Crippen molar-refractivity contribution in [3.05, 3.63) is 64.5 Å². The molecular formula is C20H18O6. The van der Waals surface area contributed by atoms with Gasteiger partial charge >= 0.3 is 5.63 Å². The monoisotopic (exact) mass is 354 g/mol. The first kappa shape index (κ1) is 17.5. The van der Waals surface area contributed by atoms with E-state index in [2.05, 4.69) is 0 Å². The second-order valence-corrected chi connectivity index (χ2v) is 5.74. The quantitative estimate of drug-likeness (QED) is 0.397. The fourth-order valence-corrected chi connectivity index (χ4v) is 2.44. The summed E-state index contributed by atoms with van der Waals surface area (Å²) >= 11 is 0. The van der Waals surface area contributed by atoms with Crippen LogP contribution < -0.4 is 15.1 Å². The Kier molecular flexibility index (Phi) is 5.22. The maximum atomic E-state index is 11.3. The van der Waals surface area contributed by atoms with E-state index in [1.165, 1.54) is 6.92 Å². The molecule has 0 saturated heterocycles. The van der Waals surface area contributed by atoms with Crippen molar-refractivity contribution in [3.63, 3.8) is 0 Å². The van der Waals surface area contributed by atoms with Gasteiger partial charge in [-0.15, -0.1) is 0 Å². The predicted octanol–water partition coefficient (Wildman–Crippen LogP) is 3.55. The number of Topliss-reactive ketones (excluding diaryl/α,β-unsaturated/α-hetero) is 1. The Morgan fingerprint density at radius 2 is 1.65 bits per heavy atom. The van der Waals surface area contributed by atoms with Crippen molar-refractivity contribution in [1.82, 2.24) is 0 Å². The van der Waals surface area contributed by atoms with E-state index in [0.717, 1.165) is 6.07 Å². The minimum absolute atomic E-state index is 0.0180. The van der Waals surface area contributed by atoms with E-state index in [9.17, 15) is 14.7 Å². The minimum Gasteiger partial charge on any atom is -0.507 e. The van der Waals surface area contributed by atoms with Crippen molar-refractivity contribution in [1.29, 1.82) is 0 Å². The van der Waals surface area contributed by atoms with E-state index in [4.69, 9.17) is 13.9 Å². The number of hydrogen-bond donors (Lipinski definition) is 1. The number of carbonyl (C=O) groups excluding carboxylic acids is 1. The molecule has 0 aliphatic heterocycles. The molecule has 1 heterocycles. The van der Waals surface area contributed by atoms with Gasteiger partial charge in [-0.05, 0) is 43.3 Å². The van der Waals surface area contributed by atoms with Crippen LogP contribution in [0.4, 0.5) is 0 Å². The summed E-state index contributed by atoms with van der Waals surface area (Å²) in [5.74, 6) is 1.13. The number of ketones is 1. The van der Waals surface area contributed by atoms with Crippen LogP contribution in [-0.4, -0.2) is 24.1 Å². The smallest absolute Gasteiger partial charge is 0.339 e. The van der Waals surface area contributed by atoms with Crippen LogP contribution in [0.15, 0.2) is 57.7 Å². The fourth-order valence-electron chi connectivity index (χ4n) is 2.44. The number of benzene rings is 2. The number of rotatable bonds is 7. The summed E-state index contributed by atoms with van der Waals surface area (Å²) in [5, 5.41) is 10.2. The van der Waals surface area contributed by atoms with E-state index < -0.39 is 5.63 Å². The highest BCUT2D eigenvalue weighted by Gasteiger charge is 2.06. The zero-order chi connectivity index (χ0) is 18.5. The molecule has 0 amide bonds. The van der Waals surface area contributed by atoms with Crippen LogP contribution in [0.2, 0.25) is 0 Å². The third-order valence-corrected chi connectivity index (χ3v) is 3.78. The third kappa shape index (κ3) is 4.22. The predicted molar refractivity (Wildman–Crippen MR) is 96.2 cm³/mol. The number of ether oxygens (including phenoxy) is 2. The first-order chi connectivity index (χ1) is 12.5. The van der Waals surface area contributed by atoms with Gasteiger partial charge in [-0.2, -0.15) is 0 Å². The zero-order valence-electron chi connectivity index (χ0n) is 14.2. The Bertz CT molecular complexity index is 972. The Morgan fingerprint density at radius 1 is 1.00 bits per heavy atom. The normalized spacial score (nSPS) is 10.7. The first-order valence-corrected chi connectivity index (χ1v) is 8.16. The number of fused-ring (bicyclic) bond motifs is 1. The molecule has 3 aromatic rings. The number of hydrogen-bond acceptors (Lipinski definition) is 6. The van der Waals surface area contributed by atoms with Gasteiger partial charge in [0, 0.05) is 18.1 Å². The third-order valence-electron chi connectivity index (χ3n) is 3.78. The van der Waals surface area contributed by atoms with E-state index in [1.54, 1.807) is 42.5 Å². The molecule has 0 aliphatic carbocycles. The lowest BCUT2D eigenvalue weighted by Crippen LogP contribution is -2.05. The molecular weight excluding hydrogens is 336 g/mol. The van der Waals surface area contributed by atoms with Crippen LogP contribution in [0.1, 0.15) is 23.7 Å². The van der Waals surface area contributed by atoms with Gasteiger partial charge in [0.1, 0.15) is 22.8 Å². The van der Waals surface area contributed by atoms with Crippen LogP contribution in [0.3, 0.4) is 0 Å². The molecule has 0 saturated carbocycles. The maximum Gasteiger partial charge on any atom is 0.339 e. The molecule has 2 aromatic carbocycles. The standard InChI is InChI=1S/C20H18O6/c1-13(21)14-3-5-15(6-4-14)24-9-2-10-25-16-7-8-17-18(22)12-20(23)26-19(17)11-16/h3-8,11-12,22H,2,9-10H2,1H3. The minimum atomic E-state index is -0.614. The molecule has 26 heavy (non-hydrogen) atoms. The highest BCUT2D eigenvalue weighted by molar-refractivity contribution is 5.94. The molecule has 134 valence electrons. The Hall–Kier alpha value is -3.28. The largest absolute Gasteiger partial charge is 0.507 e. The van der Waals surface area contributed by atoms with Gasteiger partial charge in [-0.1, -0.05) is 0 Å². The van der Waals surface area contributed by atoms with Gasteiger partial charge in [0.05, 0.1) is 24.7 Å². The molecule has 6 heteroatoms. The summed E-state index contributed by atoms with van der Waals surface area (Å²) in [6.45, 7) is 2.40. The Labute approximate surface area is 149 Å². The fraction of sp³-hybridized carbons (Fsp3) is 0.200. The summed E-state index contributed by atoms with van der Waals surface area (Å²) in [5.41, 5.74) is 0.306. The highest BCUT2D eigenvalue weighted by atomic mass is 16.5. The molecule has 0 aliphatic rings. The van der Waals surface area contributed by atoms with Crippen LogP contribution in [0.25, 0.3) is 11.0 Å². The SMILES string of the molecule is CC(=O)c1ccc(OCCCOc2ccc3c(O)cc(=O)oc3c2)cc1. The van der Waals surface area contributed by atoms with Gasteiger partial charge in [0.25, 0.3) is 0 Å². The maximum absolute atomic E-state index is 11.3. The Morgan fingerprint density at radius 3 is 2.35 bits per heavy atom. The molecule has 0 bridgehead atoms. The lowest BCUT2D eigenvalue weighted by atomic mass is 10.1. The van der Waals surface area contributed by atoms with Gasteiger partial charge in [-0.3, -0.25) is 4.79 Å². The van der Waals surface area contributed by atoms with Crippen LogP contribution in [0, 0.1) is 0 Å². The molecule has 0 radical (unpaired) electrons. The topological polar surface area (TPSA) is 86.0 Å². The molecule has 0 spiro atoms. The van der Waals surface area contributed by atoms with Crippen LogP contribution in [0.5, 0.6) is 17.2 Å². The first-order valence-electron chi connectivity index (χ1n) is 8.16. The van der Waals surface area contributed by atoms with E-state index in [0.29, 0.717) is 42.1 Å². The van der Waals surface area contributed by atoms with Crippen molar-refractivity contribution < 1.29 is 23.8 Å². The van der Waals surface area contributed by atoms with Crippen LogP contribution >= 0.6 is 0 Å². The van der Waals surface area contributed by atoms with Crippen LogP contribution in [-0.2, 0) is 0 Å². The summed E-state index contributed by atoms with van der Waals surface area (Å²) in [7, 11) is 0. The molecule has 0 unspecified atom stereocenters. The molecule has 1 aromatic heterocycles. The zero-order valence-corrected chi connectivity index (χ0v) is 14.2. The number of aromatic hydroxyl groups is 1. The van der Waals surface area contributed by atoms with E-state index in [1.807, 2.05) is 0 Å². The average molecular weight is 354 g/mol. The highest BCUT2D eigenvalue weighted by Crippen LogP contribution is 2.26. The second kappa shape index (κ2) is 7.74. The molecule has 0 fully saturated rings. The van der Waals surface area contributed by atoms with Crippen molar-refractivity contribution in [2.45, 2.75) is 13.3 Å². The molecule has 1 N–H and O–H groups in total. The van der Waals surface area contributed by atoms with E-state index >= 15 is 0 Å². The summed E-state index contributed by atoms with van der Waals surface area (Å²) in [6.07, 6.45) is 0.649. The van der Waals surface area contributed by atoms with Crippen molar-refractivity contribution in [2.75, 3.05) is 13.2 Å². The summed E-state index contributed by atoms with van der Waals surface area (Å²) in [4.78, 5) is 22.5. The summed E-state index contributed by atoms with van der Waals surface area (Å²) in [6, 6.07) is 12.9. The van der Waals surface area contributed by atoms with Crippen molar-refractivity contribution in [3.8, 4) is 17.2 Å². The van der Waals surface area contributed by atoms with Crippen molar-refractivity contribution >= 4 is 16.8 Å². The average Bonchev–Trinajstić information content (AvgIpc) is 2.61. The van der Waals surface area contributed by atoms with Gasteiger partial charge < -0.3 is 19.0 Å². The van der Waals surface area contributed by atoms with Gasteiger partial charge in [0.2, 0.25) is 0 Å². The number of carbonyl (C=O) groups is 1. The van der Waals surface area contributed by atoms with Gasteiger partial charge in [0.15, 0.2) is 5.78 Å².